The summed E-state index contributed by atoms with van der Waals surface area (Å²) >= 11 is 1.67. The van der Waals surface area contributed by atoms with Crippen LogP contribution < -0.4 is 9.47 Å². The Labute approximate surface area is 99.1 Å². The highest BCUT2D eigenvalue weighted by Gasteiger charge is 2.15. The molecule has 1 aliphatic heterocycles. The second-order valence-corrected chi connectivity index (χ2v) is 4.36. The van der Waals surface area contributed by atoms with Gasteiger partial charge in [-0.05, 0) is 30.4 Å². The summed E-state index contributed by atoms with van der Waals surface area (Å²) in [6.45, 7) is 1.20. The minimum absolute atomic E-state index is 0.549. The molecule has 3 nitrogen and oxygen atoms in total. The molecule has 0 saturated carbocycles. The molecular formula is C12H14O3S. The highest BCUT2D eigenvalue weighted by Crippen LogP contribution is 2.36. The van der Waals surface area contributed by atoms with Gasteiger partial charge in [0.1, 0.15) is 19.5 Å². The van der Waals surface area contributed by atoms with Gasteiger partial charge in [0.15, 0.2) is 11.5 Å². The maximum Gasteiger partial charge on any atom is 0.162 e. The van der Waals surface area contributed by atoms with E-state index in [-0.39, 0.29) is 0 Å². The molecular weight excluding hydrogens is 224 g/mol. The minimum Gasteiger partial charge on any atom is -0.486 e. The molecule has 0 radical (unpaired) electrons. The Kier molecular flexibility index (Phi) is 3.72. The fraction of sp³-hybridized carbons (Fsp3) is 0.417. The molecule has 0 saturated heterocycles. The summed E-state index contributed by atoms with van der Waals surface area (Å²) in [6.07, 6.45) is 4.28. The normalized spacial score (nSPS) is 13.6. The molecule has 0 aromatic heterocycles. The molecule has 0 unspecified atom stereocenters. The first-order valence-electron chi connectivity index (χ1n) is 5.25. The van der Waals surface area contributed by atoms with E-state index in [0.717, 1.165) is 34.7 Å². The van der Waals surface area contributed by atoms with Gasteiger partial charge in [-0.15, -0.1) is 11.8 Å². The number of aryl methyl sites for hydroxylation is 1. The molecule has 4 heteroatoms. The largest absolute Gasteiger partial charge is 0.486 e. The Balaban J connectivity index is 2.31. The summed E-state index contributed by atoms with van der Waals surface area (Å²) in [4.78, 5) is 11.6. The van der Waals surface area contributed by atoms with Crippen LogP contribution in [-0.4, -0.2) is 25.8 Å². The fourth-order valence-electron chi connectivity index (χ4n) is 1.71. The maximum atomic E-state index is 10.4. The summed E-state index contributed by atoms with van der Waals surface area (Å²) in [6, 6.07) is 3.99. The third-order valence-corrected chi connectivity index (χ3v) is 3.30. The van der Waals surface area contributed by atoms with Crippen molar-refractivity contribution in [2.75, 3.05) is 19.5 Å². The van der Waals surface area contributed by atoms with Crippen molar-refractivity contribution in [2.24, 2.45) is 0 Å². The summed E-state index contributed by atoms with van der Waals surface area (Å²) in [5.74, 6) is 1.61. The van der Waals surface area contributed by atoms with Gasteiger partial charge in [-0.3, -0.25) is 0 Å². The number of carbonyl (C=O) groups is 1. The van der Waals surface area contributed by atoms with Gasteiger partial charge in [-0.25, -0.2) is 0 Å². The Morgan fingerprint density at radius 2 is 2.00 bits per heavy atom. The second-order valence-electron chi connectivity index (χ2n) is 3.51. The SMILES string of the molecule is CSc1cc2c(cc1CCC=O)OCCO2. The highest BCUT2D eigenvalue weighted by molar-refractivity contribution is 7.98. The molecule has 0 fully saturated rings. The van der Waals surface area contributed by atoms with Gasteiger partial charge in [0.05, 0.1) is 0 Å². The van der Waals surface area contributed by atoms with Gasteiger partial charge in [-0.1, -0.05) is 0 Å². The van der Waals surface area contributed by atoms with Crippen molar-refractivity contribution in [1.82, 2.24) is 0 Å². The number of thioether (sulfide) groups is 1. The number of carbonyl (C=O) groups excluding carboxylic acids is 1. The molecule has 0 amide bonds. The standard InChI is InChI=1S/C12H14O3S/c1-16-12-8-11-10(14-5-6-15-11)7-9(12)3-2-4-13/h4,7-8H,2-3,5-6H2,1H3. The molecule has 16 heavy (non-hydrogen) atoms. The lowest BCUT2D eigenvalue weighted by Gasteiger charge is -2.20. The van der Waals surface area contributed by atoms with Crippen LogP contribution in [0.4, 0.5) is 0 Å². The highest BCUT2D eigenvalue weighted by atomic mass is 32.2. The van der Waals surface area contributed by atoms with Gasteiger partial charge in [0.2, 0.25) is 0 Å². The Hall–Kier alpha value is -1.16. The van der Waals surface area contributed by atoms with Crippen molar-refractivity contribution in [3.63, 3.8) is 0 Å². The first-order valence-corrected chi connectivity index (χ1v) is 6.47. The molecule has 0 atom stereocenters. The van der Waals surface area contributed by atoms with Crippen LogP contribution in [0.3, 0.4) is 0 Å². The molecule has 1 aromatic rings. The van der Waals surface area contributed by atoms with E-state index in [1.54, 1.807) is 11.8 Å². The molecule has 86 valence electrons. The van der Waals surface area contributed by atoms with Crippen LogP contribution in [0.25, 0.3) is 0 Å². The number of rotatable bonds is 4. The van der Waals surface area contributed by atoms with Gasteiger partial charge in [0, 0.05) is 11.3 Å². The Bertz CT molecular complexity index is 390. The summed E-state index contributed by atoms with van der Waals surface area (Å²) in [7, 11) is 0. The zero-order valence-corrected chi connectivity index (χ0v) is 10.0. The lowest BCUT2D eigenvalue weighted by molar-refractivity contribution is -0.107. The number of fused-ring (bicyclic) bond motifs is 1. The van der Waals surface area contributed by atoms with E-state index < -0.39 is 0 Å². The Morgan fingerprint density at radius 1 is 1.31 bits per heavy atom. The quantitative estimate of drug-likeness (QED) is 0.595. The molecule has 1 aromatic carbocycles. The van der Waals surface area contributed by atoms with E-state index in [1.165, 1.54) is 0 Å². The van der Waals surface area contributed by atoms with Crippen molar-refractivity contribution in [1.29, 1.82) is 0 Å². The van der Waals surface area contributed by atoms with Gasteiger partial charge in [0.25, 0.3) is 0 Å². The third kappa shape index (κ3) is 2.32. The maximum absolute atomic E-state index is 10.4. The van der Waals surface area contributed by atoms with E-state index in [4.69, 9.17) is 9.47 Å². The number of hydrogen-bond donors (Lipinski definition) is 0. The van der Waals surface area contributed by atoms with Crippen LogP contribution in [0.2, 0.25) is 0 Å². The second kappa shape index (κ2) is 5.25. The van der Waals surface area contributed by atoms with E-state index in [9.17, 15) is 4.79 Å². The van der Waals surface area contributed by atoms with E-state index in [0.29, 0.717) is 19.6 Å². The van der Waals surface area contributed by atoms with Gasteiger partial charge < -0.3 is 14.3 Å². The topological polar surface area (TPSA) is 35.5 Å². The average molecular weight is 238 g/mol. The van der Waals surface area contributed by atoms with Crippen LogP contribution in [0, 0.1) is 0 Å². The Morgan fingerprint density at radius 3 is 2.62 bits per heavy atom. The van der Waals surface area contributed by atoms with E-state index in [2.05, 4.69) is 0 Å². The number of hydrogen-bond acceptors (Lipinski definition) is 4. The van der Waals surface area contributed by atoms with Crippen molar-refractivity contribution in [3.05, 3.63) is 17.7 Å². The first-order chi connectivity index (χ1) is 7.85. The first kappa shape index (κ1) is 11.3. The fourth-order valence-corrected chi connectivity index (χ4v) is 2.36. The average Bonchev–Trinajstić information content (AvgIpc) is 2.35. The number of ether oxygens (including phenoxy) is 2. The zero-order chi connectivity index (χ0) is 11.4. The van der Waals surface area contributed by atoms with Gasteiger partial charge >= 0.3 is 0 Å². The monoisotopic (exact) mass is 238 g/mol. The smallest absolute Gasteiger partial charge is 0.162 e. The van der Waals surface area contributed by atoms with E-state index in [1.807, 2.05) is 18.4 Å². The lowest BCUT2D eigenvalue weighted by atomic mass is 10.1. The number of benzene rings is 1. The van der Waals surface area contributed by atoms with Crippen LogP contribution in [0.5, 0.6) is 11.5 Å². The molecule has 1 heterocycles. The molecule has 0 bridgehead atoms. The summed E-state index contributed by atoms with van der Waals surface area (Å²) < 4.78 is 11.0. The molecule has 0 spiro atoms. The minimum atomic E-state index is 0.549. The van der Waals surface area contributed by atoms with Crippen LogP contribution in [0.1, 0.15) is 12.0 Å². The van der Waals surface area contributed by atoms with Crippen molar-refractivity contribution < 1.29 is 14.3 Å². The van der Waals surface area contributed by atoms with E-state index >= 15 is 0 Å². The lowest BCUT2D eigenvalue weighted by Crippen LogP contribution is -2.15. The molecule has 2 rings (SSSR count). The van der Waals surface area contributed by atoms with Crippen molar-refractivity contribution in [2.45, 2.75) is 17.7 Å². The van der Waals surface area contributed by atoms with Crippen LogP contribution in [0.15, 0.2) is 17.0 Å². The summed E-state index contributed by atoms with van der Waals surface area (Å²) in [5.41, 5.74) is 1.16. The predicted molar refractivity (Wildman–Crippen MR) is 63.6 cm³/mol. The molecule has 1 aliphatic rings. The van der Waals surface area contributed by atoms with Crippen molar-refractivity contribution in [3.8, 4) is 11.5 Å². The predicted octanol–water partition coefficient (Wildman–Crippen LogP) is 2.31. The van der Waals surface area contributed by atoms with Crippen LogP contribution in [-0.2, 0) is 11.2 Å². The molecule has 0 N–H and O–H groups in total. The third-order valence-electron chi connectivity index (χ3n) is 2.48. The zero-order valence-electron chi connectivity index (χ0n) is 9.19. The molecule has 0 aliphatic carbocycles. The van der Waals surface area contributed by atoms with Crippen LogP contribution >= 0.6 is 11.8 Å². The number of aldehydes is 1. The summed E-state index contributed by atoms with van der Waals surface area (Å²) in [5, 5.41) is 0. The van der Waals surface area contributed by atoms with Gasteiger partial charge in [-0.2, -0.15) is 0 Å². The van der Waals surface area contributed by atoms with Crippen molar-refractivity contribution >= 4 is 18.0 Å².